The maximum Gasteiger partial charge on any atom is 0.325 e. The van der Waals surface area contributed by atoms with E-state index in [0.717, 1.165) is 18.7 Å². The highest BCUT2D eigenvalue weighted by Crippen LogP contribution is 2.36. The first-order valence-electron chi connectivity index (χ1n) is 7.68. The highest BCUT2D eigenvalue weighted by Gasteiger charge is 2.39. The summed E-state index contributed by atoms with van der Waals surface area (Å²) in [5, 5.41) is 9.77. The highest BCUT2D eigenvalue weighted by atomic mass is 19.1. The van der Waals surface area contributed by atoms with Crippen LogP contribution in [0.3, 0.4) is 0 Å². The van der Waals surface area contributed by atoms with Crippen LogP contribution in [0.4, 0.5) is 4.39 Å². The van der Waals surface area contributed by atoms with E-state index >= 15 is 0 Å². The predicted molar refractivity (Wildman–Crippen MR) is 83.3 cm³/mol. The minimum atomic E-state index is -0.919. The molecule has 1 saturated carbocycles. The number of benzene rings is 1. The Kier molecular flexibility index (Phi) is 4.17. The van der Waals surface area contributed by atoms with E-state index in [1.165, 1.54) is 6.07 Å². The van der Waals surface area contributed by atoms with Gasteiger partial charge in [0, 0.05) is 25.5 Å². The Morgan fingerprint density at radius 1 is 1.52 bits per heavy atom. The predicted octanol–water partition coefficient (Wildman–Crippen LogP) is 2.66. The summed E-state index contributed by atoms with van der Waals surface area (Å²) in [7, 11) is 1.89. The molecule has 1 aromatic carbocycles. The van der Waals surface area contributed by atoms with E-state index in [4.69, 9.17) is 0 Å². The Morgan fingerprint density at radius 2 is 2.26 bits per heavy atom. The third kappa shape index (κ3) is 3.27. The topological polar surface area (TPSA) is 58.4 Å². The van der Waals surface area contributed by atoms with Crippen LogP contribution in [-0.2, 0) is 18.4 Å². The largest absolute Gasteiger partial charge is 0.480 e. The molecule has 1 unspecified atom stereocenters. The van der Waals surface area contributed by atoms with Crippen molar-refractivity contribution in [1.29, 1.82) is 0 Å². The van der Waals surface area contributed by atoms with Crippen LogP contribution in [0.2, 0.25) is 0 Å². The molecule has 1 atom stereocenters. The van der Waals surface area contributed by atoms with Gasteiger partial charge in [0.15, 0.2) is 0 Å². The van der Waals surface area contributed by atoms with Gasteiger partial charge in [0.1, 0.15) is 17.7 Å². The Balaban J connectivity index is 1.94. The maximum atomic E-state index is 13.5. The molecule has 23 heavy (non-hydrogen) atoms. The monoisotopic (exact) mass is 317 g/mol. The molecule has 0 aliphatic heterocycles. The van der Waals surface area contributed by atoms with Crippen LogP contribution in [0.5, 0.6) is 0 Å². The van der Waals surface area contributed by atoms with Gasteiger partial charge in [-0.1, -0.05) is 12.1 Å². The van der Waals surface area contributed by atoms with E-state index in [-0.39, 0.29) is 11.9 Å². The minimum absolute atomic E-state index is 0.234. The van der Waals surface area contributed by atoms with Gasteiger partial charge in [-0.05, 0) is 37.0 Å². The molecule has 6 heteroatoms. The van der Waals surface area contributed by atoms with Crippen molar-refractivity contribution < 1.29 is 14.3 Å². The van der Waals surface area contributed by atoms with Gasteiger partial charge in [-0.15, -0.1) is 0 Å². The van der Waals surface area contributed by atoms with Gasteiger partial charge < -0.3 is 9.67 Å². The summed E-state index contributed by atoms with van der Waals surface area (Å²) < 4.78 is 15.4. The maximum absolute atomic E-state index is 13.5. The van der Waals surface area contributed by atoms with Crippen molar-refractivity contribution in [1.82, 2.24) is 14.5 Å². The van der Waals surface area contributed by atoms with Gasteiger partial charge in [-0.25, -0.2) is 9.37 Å². The van der Waals surface area contributed by atoms with E-state index < -0.39 is 12.0 Å². The first-order valence-corrected chi connectivity index (χ1v) is 7.68. The smallest absolute Gasteiger partial charge is 0.325 e. The molecule has 1 fully saturated rings. The zero-order valence-electron chi connectivity index (χ0n) is 13.2. The minimum Gasteiger partial charge on any atom is -0.480 e. The van der Waals surface area contributed by atoms with Gasteiger partial charge in [-0.3, -0.25) is 9.69 Å². The molecule has 122 valence electrons. The molecular formula is C17H20FN3O2. The standard InChI is InChI=1S/C17H20FN3O2/c1-11-9-12(3-6-14(11)18)16(17(22)23)21(13-4-5-13)10-15-19-7-8-20(15)2/h3,6-9,13,16H,4-5,10H2,1-2H3,(H,22,23). The van der Waals surface area contributed by atoms with Gasteiger partial charge in [0.05, 0.1) is 6.54 Å². The van der Waals surface area contributed by atoms with E-state index in [2.05, 4.69) is 4.98 Å². The fourth-order valence-electron chi connectivity index (χ4n) is 2.86. The fraction of sp³-hybridized carbons (Fsp3) is 0.412. The molecule has 3 rings (SSSR count). The molecule has 0 spiro atoms. The molecule has 1 N–H and O–H groups in total. The number of nitrogens with zero attached hydrogens (tertiary/aromatic N) is 3. The number of carbonyl (C=O) groups is 1. The molecular weight excluding hydrogens is 297 g/mol. The second-order valence-corrected chi connectivity index (χ2v) is 6.11. The van der Waals surface area contributed by atoms with Crippen LogP contribution in [0.1, 0.15) is 35.8 Å². The van der Waals surface area contributed by atoms with E-state index in [1.807, 2.05) is 22.7 Å². The SMILES string of the molecule is Cc1cc(C(C(=O)O)N(Cc2nccn2C)C2CC2)ccc1F. The van der Waals surface area contributed by atoms with E-state index in [0.29, 0.717) is 17.7 Å². The number of halogens is 1. The number of rotatable bonds is 6. The summed E-state index contributed by atoms with van der Waals surface area (Å²) >= 11 is 0. The Labute approximate surface area is 134 Å². The lowest BCUT2D eigenvalue weighted by molar-refractivity contribution is -0.144. The Morgan fingerprint density at radius 3 is 2.78 bits per heavy atom. The van der Waals surface area contributed by atoms with Gasteiger partial charge in [0.2, 0.25) is 0 Å². The van der Waals surface area contributed by atoms with Crippen molar-refractivity contribution in [3.63, 3.8) is 0 Å². The highest BCUT2D eigenvalue weighted by molar-refractivity contribution is 5.75. The van der Waals surface area contributed by atoms with Gasteiger partial charge in [0.25, 0.3) is 0 Å². The number of carboxylic acid groups (broad SMARTS) is 1. The van der Waals surface area contributed by atoms with Crippen molar-refractivity contribution in [3.8, 4) is 0 Å². The van der Waals surface area contributed by atoms with E-state index in [9.17, 15) is 14.3 Å². The molecule has 0 saturated heterocycles. The molecule has 2 aromatic rings. The van der Waals surface area contributed by atoms with Crippen molar-refractivity contribution in [2.75, 3.05) is 0 Å². The van der Waals surface area contributed by atoms with Crippen molar-refractivity contribution >= 4 is 5.97 Å². The zero-order chi connectivity index (χ0) is 16.6. The summed E-state index contributed by atoms with van der Waals surface area (Å²) in [6.07, 6.45) is 5.51. The summed E-state index contributed by atoms with van der Waals surface area (Å²) in [4.78, 5) is 18.2. The molecule has 1 heterocycles. The number of hydrogen-bond donors (Lipinski definition) is 1. The number of imidazole rings is 1. The summed E-state index contributed by atoms with van der Waals surface area (Å²) in [5.74, 6) is -0.418. The van der Waals surface area contributed by atoms with Crippen LogP contribution in [0, 0.1) is 12.7 Å². The van der Waals surface area contributed by atoms with Crippen LogP contribution in [0.15, 0.2) is 30.6 Å². The average molecular weight is 317 g/mol. The molecule has 1 aliphatic rings. The molecule has 0 radical (unpaired) electrons. The number of aliphatic carboxylic acids is 1. The number of aromatic nitrogens is 2. The quantitative estimate of drug-likeness (QED) is 0.890. The van der Waals surface area contributed by atoms with Crippen LogP contribution >= 0.6 is 0 Å². The first-order chi connectivity index (χ1) is 11.0. The normalized spacial score (nSPS) is 15.8. The van der Waals surface area contributed by atoms with Crippen LogP contribution in [-0.4, -0.2) is 31.6 Å². The fourth-order valence-corrected chi connectivity index (χ4v) is 2.86. The number of hydrogen-bond acceptors (Lipinski definition) is 3. The number of aryl methyl sites for hydroxylation is 2. The van der Waals surface area contributed by atoms with Crippen molar-refractivity contribution in [2.24, 2.45) is 7.05 Å². The molecule has 0 amide bonds. The van der Waals surface area contributed by atoms with Crippen molar-refractivity contribution in [2.45, 2.75) is 38.4 Å². The van der Waals surface area contributed by atoms with Crippen LogP contribution < -0.4 is 0 Å². The van der Waals surface area contributed by atoms with Gasteiger partial charge >= 0.3 is 5.97 Å². The second-order valence-electron chi connectivity index (χ2n) is 6.11. The molecule has 1 aromatic heterocycles. The Bertz CT molecular complexity index is 724. The molecule has 0 bridgehead atoms. The second kappa shape index (κ2) is 6.12. The zero-order valence-corrected chi connectivity index (χ0v) is 13.2. The number of carboxylic acids is 1. The third-order valence-corrected chi connectivity index (χ3v) is 4.32. The van der Waals surface area contributed by atoms with Gasteiger partial charge in [-0.2, -0.15) is 0 Å². The summed E-state index contributed by atoms with van der Waals surface area (Å²) in [5.41, 5.74) is 1.07. The molecule has 5 nitrogen and oxygen atoms in total. The molecule has 1 aliphatic carbocycles. The lowest BCUT2D eigenvalue weighted by Crippen LogP contribution is -2.36. The van der Waals surface area contributed by atoms with Crippen LogP contribution in [0.25, 0.3) is 0 Å². The van der Waals surface area contributed by atoms with E-state index in [1.54, 1.807) is 25.3 Å². The third-order valence-electron chi connectivity index (χ3n) is 4.32. The van der Waals surface area contributed by atoms with Crippen molar-refractivity contribution in [3.05, 3.63) is 53.4 Å². The Hall–Kier alpha value is -2.21. The lowest BCUT2D eigenvalue weighted by atomic mass is 10.0. The first kappa shape index (κ1) is 15.7. The lowest BCUT2D eigenvalue weighted by Gasteiger charge is -2.29. The summed E-state index contributed by atoms with van der Waals surface area (Å²) in [6.45, 7) is 2.11. The average Bonchev–Trinajstić information content (AvgIpc) is 3.26. The summed E-state index contributed by atoms with van der Waals surface area (Å²) in [6, 6.07) is 3.97.